The molecule has 3 aromatic carbocycles. The maximum Gasteiger partial charge on any atom is 0.292 e. The van der Waals surface area contributed by atoms with Gasteiger partial charge >= 0.3 is 0 Å². The molecule has 0 unspecified atom stereocenters. The molecule has 0 aliphatic carbocycles. The van der Waals surface area contributed by atoms with Crippen LogP contribution in [-0.4, -0.2) is 41.9 Å². The first-order valence-electron chi connectivity index (χ1n) is 10.8. The SMILES string of the molecule is C[C@H](Nc1cc(N2CCN(C(=O)c3ccccc3Br)CC2)ccc1[N+](=O)[O-])c1ccccc1. The van der Waals surface area contributed by atoms with Gasteiger partial charge in [-0.2, -0.15) is 0 Å². The Bertz CT molecular complexity index is 1150. The quantitative estimate of drug-likeness (QED) is 0.351. The first-order chi connectivity index (χ1) is 15.9. The first kappa shape index (κ1) is 22.8. The van der Waals surface area contributed by atoms with Gasteiger partial charge in [-0.25, -0.2) is 0 Å². The predicted octanol–water partition coefficient (Wildman–Crippen LogP) is 5.49. The lowest BCUT2D eigenvalue weighted by atomic mass is 10.1. The van der Waals surface area contributed by atoms with E-state index < -0.39 is 0 Å². The van der Waals surface area contributed by atoms with E-state index in [2.05, 4.69) is 26.1 Å². The van der Waals surface area contributed by atoms with Crippen LogP contribution in [0.1, 0.15) is 28.9 Å². The van der Waals surface area contributed by atoms with Gasteiger partial charge in [0.1, 0.15) is 5.69 Å². The molecule has 170 valence electrons. The Hall–Kier alpha value is -3.39. The minimum absolute atomic E-state index is 0.00451. The van der Waals surface area contributed by atoms with E-state index in [1.807, 2.05) is 72.5 Å². The van der Waals surface area contributed by atoms with E-state index >= 15 is 0 Å². The van der Waals surface area contributed by atoms with Crippen molar-refractivity contribution in [2.75, 3.05) is 36.4 Å². The van der Waals surface area contributed by atoms with Crippen molar-refractivity contribution in [2.45, 2.75) is 13.0 Å². The second-order valence-corrected chi connectivity index (χ2v) is 8.85. The van der Waals surface area contributed by atoms with Crippen LogP contribution in [-0.2, 0) is 0 Å². The van der Waals surface area contributed by atoms with Crippen molar-refractivity contribution in [1.82, 2.24) is 4.90 Å². The zero-order valence-electron chi connectivity index (χ0n) is 18.3. The summed E-state index contributed by atoms with van der Waals surface area (Å²) in [6, 6.07) is 22.3. The molecule has 33 heavy (non-hydrogen) atoms. The normalized spacial score (nSPS) is 14.6. The summed E-state index contributed by atoms with van der Waals surface area (Å²) in [6.07, 6.45) is 0. The van der Waals surface area contributed by atoms with Crippen molar-refractivity contribution in [2.24, 2.45) is 0 Å². The second kappa shape index (κ2) is 10.0. The van der Waals surface area contributed by atoms with Crippen molar-refractivity contribution in [3.63, 3.8) is 0 Å². The van der Waals surface area contributed by atoms with Gasteiger partial charge in [-0.1, -0.05) is 42.5 Å². The molecule has 0 saturated carbocycles. The number of amides is 1. The topological polar surface area (TPSA) is 78.7 Å². The van der Waals surface area contributed by atoms with Crippen LogP contribution in [0.2, 0.25) is 0 Å². The molecule has 4 rings (SSSR count). The molecule has 0 bridgehead atoms. The Kier molecular flexibility index (Phi) is 6.93. The molecule has 1 aliphatic heterocycles. The van der Waals surface area contributed by atoms with Crippen LogP contribution in [0, 0.1) is 10.1 Å². The fraction of sp³-hybridized carbons (Fsp3) is 0.240. The van der Waals surface area contributed by atoms with Crippen LogP contribution in [0.25, 0.3) is 0 Å². The molecule has 7 nitrogen and oxygen atoms in total. The summed E-state index contributed by atoms with van der Waals surface area (Å²) in [5, 5.41) is 14.9. The Morgan fingerprint density at radius 1 is 1.00 bits per heavy atom. The van der Waals surface area contributed by atoms with Crippen molar-refractivity contribution in [1.29, 1.82) is 0 Å². The molecule has 0 aromatic heterocycles. The Morgan fingerprint density at radius 3 is 2.33 bits per heavy atom. The molecule has 3 aromatic rings. The van der Waals surface area contributed by atoms with Crippen LogP contribution in [0.15, 0.2) is 77.3 Å². The number of nitro groups is 1. The zero-order chi connectivity index (χ0) is 23.4. The highest BCUT2D eigenvalue weighted by atomic mass is 79.9. The van der Waals surface area contributed by atoms with E-state index in [1.165, 1.54) is 0 Å². The van der Waals surface area contributed by atoms with Gasteiger partial charge in [-0.05, 0) is 52.7 Å². The van der Waals surface area contributed by atoms with Gasteiger partial charge in [-0.3, -0.25) is 14.9 Å². The number of carbonyl (C=O) groups is 1. The van der Waals surface area contributed by atoms with E-state index in [-0.39, 0.29) is 22.6 Å². The van der Waals surface area contributed by atoms with Gasteiger partial charge in [0.25, 0.3) is 11.6 Å². The van der Waals surface area contributed by atoms with Crippen LogP contribution >= 0.6 is 15.9 Å². The number of rotatable bonds is 6. The molecule has 0 radical (unpaired) electrons. The summed E-state index contributed by atoms with van der Waals surface area (Å²) >= 11 is 3.45. The summed E-state index contributed by atoms with van der Waals surface area (Å²) in [5.74, 6) is 0.00451. The largest absolute Gasteiger partial charge is 0.373 e. The summed E-state index contributed by atoms with van der Waals surface area (Å²) in [4.78, 5) is 28.1. The Labute approximate surface area is 201 Å². The van der Waals surface area contributed by atoms with Crippen molar-refractivity contribution < 1.29 is 9.72 Å². The van der Waals surface area contributed by atoms with E-state index in [1.54, 1.807) is 12.1 Å². The molecule has 8 heteroatoms. The second-order valence-electron chi connectivity index (χ2n) is 7.99. The maximum atomic E-state index is 12.9. The monoisotopic (exact) mass is 508 g/mol. The lowest BCUT2D eigenvalue weighted by molar-refractivity contribution is -0.384. The summed E-state index contributed by atoms with van der Waals surface area (Å²) < 4.78 is 0.788. The smallest absolute Gasteiger partial charge is 0.292 e. The first-order valence-corrected chi connectivity index (χ1v) is 11.6. The number of hydrogen-bond donors (Lipinski definition) is 1. The highest BCUT2D eigenvalue weighted by Gasteiger charge is 2.25. The average molecular weight is 509 g/mol. The molecule has 1 amide bonds. The fourth-order valence-corrected chi connectivity index (χ4v) is 4.48. The Morgan fingerprint density at radius 2 is 1.67 bits per heavy atom. The number of carbonyl (C=O) groups excluding carboxylic acids is 1. The van der Waals surface area contributed by atoms with Gasteiger partial charge < -0.3 is 15.1 Å². The Balaban J connectivity index is 1.48. The predicted molar refractivity (Wildman–Crippen MR) is 134 cm³/mol. The fourth-order valence-electron chi connectivity index (χ4n) is 4.03. The van der Waals surface area contributed by atoms with Crippen molar-refractivity contribution in [3.05, 3.63) is 98.5 Å². The average Bonchev–Trinajstić information content (AvgIpc) is 2.84. The number of anilines is 2. The molecular formula is C25H25BrN4O3. The van der Waals surface area contributed by atoms with Crippen LogP contribution in [0.5, 0.6) is 0 Å². The summed E-state index contributed by atoms with van der Waals surface area (Å²) in [5.41, 5.74) is 3.14. The minimum atomic E-state index is -0.363. The number of halogens is 1. The van der Waals surface area contributed by atoms with E-state index in [4.69, 9.17) is 0 Å². The van der Waals surface area contributed by atoms with Crippen LogP contribution in [0.3, 0.4) is 0 Å². The molecule has 1 atom stereocenters. The number of nitrogens with zero attached hydrogens (tertiary/aromatic N) is 3. The molecule has 1 heterocycles. The van der Waals surface area contributed by atoms with Gasteiger partial charge in [0.05, 0.1) is 10.5 Å². The number of nitro benzene ring substituents is 1. The van der Waals surface area contributed by atoms with E-state index in [9.17, 15) is 14.9 Å². The van der Waals surface area contributed by atoms with Gasteiger partial charge in [0.2, 0.25) is 0 Å². The summed E-state index contributed by atoms with van der Waals surface area (Å²) in [6.45, 7) is 4.46. The van der Waals surface area contributed by atoms with Gasteiger partial charge in [0, 0.05) is 48.4 Å². The number of nitrogens with one attached hydrogen (secondary N) is 1. The minimum Gasteiger partial charge on any atom is -0.373 e. The van der Waals surface area contributed by atoms with E-state index in [0.717, 1.165) is 15.7 Å². The summed E-state index contributed by atoms with van der Waals surface area (Å²) in [7, 11) is 0. The molecule has 1 fully saturated rings. The van der Waals surface area contributed by atoms with Crippen molar-refractivity contribution in [3.8, 4) is 0 Å². The number of benzene rings is 3. The number of piperazine rings is 1. The third-order valence-corrected chi connectivity index (χ3v) is 6.58. The van der Waals surface area contributed by atoms with Crippen LogP contribution in [0.4, 0.5) is 17.1 Å². The third kappa shape index (κ3) is 5.17. The molecule has 1 aliphatic rings. The van der Waals surface area contributed by atoms with E-state index in [0.29, 0.717) is 37.4 Å². The lowest BCUT2D eigenvalue weighted by Crippen LogP contribution is -2.48. The van der Waals surface area contributed by atoms with Crippen LogP contribution < -0.4 is 10.2 Å². The van der Waals surface area contributed by atoms with Gasteiger partial charge in [-0.15, -0.1) is 0 Å². The lowest BCUT2D eigenvalue weighted by Gasteiger charge is -2.36. The molecule has 1 N–H and O–H groups in total. The van der Waals surface area contributed by atoms with Gasteiger partial charge in [0.15, 0.2) is 0 Å². The molecule has 1 saturated heterocycles. The molecule has 0 spiro atoms. The highest BCUT2D eigenvalue weighted by Crippen LogP contribution is 2.33. The zero-order valence-corrected chi connectivity index (χ0v) is 19.9. The number of hydrogen-bond acceptors (Lipinski definition) is 5. The van der Waals surface area contributed by atoms with Crippen molar-refractivity contribution >= 4 is 38.9 Å². The third-order valence-electron chi connectivity index (χ3n) is 5.88. The maximum absolute atomic E-state index is 12.9. The molecular weight excluding hydrogens is 484 g/mol. The standard InChI is InChI=1S/C25H25BrN4O3/c1-18(19-7-3-2-4-8-19)27-23-17-20(11-12-24(23)30(32)33)28-13-15-29(16-14-28)25(31)21-9-5-6-10-22(21)26/h2-12,17-18,27H,13-16H2,1H3/t18-/m0/s1. The highest BCUT2D eigenvalue weighted by molar-refractivity contribution is 9.10.